The van der Waals surface area contributed by atoms with Crippen molar-refractivity contribution in [3.8, 4) is 0 Å². The molecule has 1 amide bonds. The quantitative estimate of drug-likeness (QED) is 0.496. The van der Waals surface area contributed by atoms with Crippen molar-refractivity contribution in [3.05, 3.63) is 63.9 Å². The largest absolute Gasteiger partial charge is 0.390 e. The van der Waals surface area contributed by atoms with Gasteiger partial charge in [-0.1, -0.05) is 25.8 Å². The molecule has 1 heterocycles. The number of carbonyl (C=O) groups is 1. The monoisotopic (exact) mass is 462 g/mol. The van der Waals surface area contributed by atoms with Gasteiger partial charge >= 0.3 is 0 Å². The van der Waals surface area contributed by atoms with E-state index in [1.165, 1.54) is 30.4 Å². The van der Waals surface area contributed by atoms with Crippen molar-refractivity contribution < 1.29 is 18.7 Å². The average Bonchev–Trinajstić information content (AvgIpc) is 3.22. The van der Waals surface area contributed by atoms with Crippen molar-refractivity contribution in [1.82, 2.24) is 10.6 Å². The third-order valence-corrected chi connectivity index (χ3v) is 7.54. The lowest BCUT2D eigenvalue weighted by molar-refractivity contribution is -0.120. The van der Waals surface area contributed by atoms with Crippen molar-refractivity contribution in [2.45, 2.75) is 70.1 Å². The van der Waals surface area contributed by atoms with Gasteiger partial charge in [-0.25, -0.2) is 8.78 Å². The summed E-state index contributed by atoms with van der Waals surface area (Å²) in [4.78, 5) is 14.1. The van der Waals surface area contributed by atoms with E-state index in [4.69, 9.17) is 0 Å². The highest BCUT2D eigenvalue weighted by molar-refractivity contribution is 7.13. The highest BCUT2D eigenvalue weighted by Gasteiger charge is 2.36. The van der Waals surface area contributed by atoms with Gasteiger partial charge in [0.05, 0.1) is 17.7 Å². The van der Waals surface area contributed by atoms with Gasteiger partial charge in [-0.05, 0) is 61.6 Å². The maximum absolute atomic E-state index is 13.6. The Morgan fingerprint density at radius 3 is 2.38 bits per heavy atom. The summed E-state index contributed by atoms with van der Waals surface area (Å²) in [6.45, 7) is 7.65. The van der Waals surface area contributed by atoms with E-state index < -0.39 is 23.8 Å². The number of hydrogen-bond donors (Lipinski definition) is 3. The molecule has 7 heteroatoms. The lowest BCUT2D eigenvalue weighted by Gasteiger charge is -2.39. The fourth-order valence-electron chi connectivity index (χ4n) is 4.46. The van der Waals surface area contributed by atoms with Crippen LogP contribution in [0.15, 0.2) is 36.9 Å². The fraction of sp³-hybridized carbons (Fsp3) is 0.480. The molecule has 2 atom stereocenters. The van der Waals surface area contributed by atoms with Crippen LogP contribution >= 0.6 is 11.3 Å². The summed E-state index contributed by atoms with van der Waals surface area (Å²) in [6.07, 6.45) is 4.52. The van der Waals surface area contributed by atoms with Gasteiger partial charge in [0, 0.05) is 29.3 Å². The first-order valence-electron chi connectivity index (χ1n) is 11.1. The summed E-state index contributed by atoms with van der Waals surface area (Å²) >= 11 is 1.73. The average molecular weight is 463 g/mol. The number of aliphatic hydroxyl groups excluding tert-OH is 1. The predicted octanol–water partition coefficient (Wildman–Crippen LogP) is 4.92. The number of rotatable bonds is 9. The molecule has 1 aliphatic rings. The zero-order valence-corrected chi connectivity index (χ0v) is 19.5. The van der Waals surface area contributed by atoms with Crippen LogP contribution in [0, 0.1) is 11.6 Å². The van der Waals surface area contributed by atoms with E-state index in [0.29, 0.717) is 5.56 Å². The van der Waals surface area contributed by atoms with Crippen LogP contribution in [0.2, 0.25) is 0 Å². The maximum atomic E-state index is 13.6. The molecule has 0 spiro atoms. The van der Waals surface area contributed by atoms with Gasteiger partial charge in [-0.3, -0.25) is 4.79 Å². The molecule has 174 valence electrons. The number of allylic oxidation sites excluding steroid dienone is 1. The highest BCUT2D eigenvalue weighted by atomic mass is 32.1. The summed E-state index contributed by atoms with van der Waals surface area (Å²) in [5.41, 5.74) is 1.18. The summed E-state index contributed by atoms with van der Waals surface area (Å²) < 4.78 is 27.2. The Hall–Kier alpha value is -2.09. The molecular weight excluding hydrogens is 430 g/mol. The summed E-state index contributed by atoms with van der Waals surface area (Å²) in [5.74, 6) is -1.66. The highest BCUT2D eigenvalue weighted by Crippen LogP contribution is 2.41. The summed E-state index contributed by atoms with van der Waals surface area (Å²) in [5, 5.41) is 17.3. The molecule has 2 aromatic rings. The van der Waals surface area contributed by atoms with Crippen molar-refractivity contribution in [2.75, 3.05) is 6.54 Å². The molecule has 0 saturated heterocycles. The Kier molecular flexibility index (Phi) is 8.20. The smallest absolute Gasteiger partial charge is 0.217 e. The van der Waals surface area contributed by atoms with Crippen molar-refractivity contribution in [3.63, 3.8) is 0 Å². The van der Waals surface area contributed by atoms with Crippen LogP contribution in [-0.4, -0.2) is 29.7 Å². The summed E-state index contributed by atoms with van der Waals surface area (Å²) in [6, 6.07) is 6.82. The molecular formula is C25H32F2N2O2S. The van der Waals surface area contributed by atoms with E-state index in [1.807, 2.05) is 6.92 Å². The third-order valence-electron chi connectivity index (χ3n) is 6.09. The molecule has 0 aliphatic heterocycles. The first kappa shape index (κ1) is 24.6. The normalized spacial score (nSPS) is 17.5. The first-order valence-corrected chi connectivity index (χ1v) is 11.9. The van der Waals surface area contributed by atoms with Crippen LogP contribution in [0.3, 0.4) is 0 Å². The SMILES string of the molecule is C=C(C)c1ccc(C2(NC[C@@H](O)[C@@H](Cc3cc(F)cc(F)c3)NC(C)=O)CCCCC2)s1. The van der Waals surface area contributed by atoms with Crippen LogP contribution < -0.4 is 10.6 Å². The molecule has 1 aliphatic carbocycles. The zero-order valence-electron chi connectivity index (χ0n) is 18.7. The number of carbonyl (C=O) groups excluding carboxylic acids is 1. The van der Waals surface area contributed by atoms with Crippen LogP contribution in [0.5, 0.6) is 0 Å². The van der Waals surface area contributed by atoms with E-state index in [1.54, 1.807) is 11.3 Å². The number of hydrogen-bond acceptors (Lipinski definition) is 4. The molecule has 0 bridgehead atoms. The van der Waals surface area contributed by atoms with Crippen molar-refractivity contribution in [1.29, 1.82) is 0 Å². The minimum atomic E-state index is -0.926. The van der Waals surface area contributed by atoms with E-state index in [2.05, 4.69) is 29.3 Å². The first-order chi connectivity index (χ1) is 15.2. The lowest BCUT2D eigenvalue weighted by atomic mass is 9.80. The number of nitrogens with one attached hydrogen (secondary N) is 2. The number of aliphatic hydroxyl groups is 1. The molecule has 1 fully saturated rings. The molecule has 1 aromatic carbocycles. The minimum absolute atomic E-state index is 0.128. The second-order valence-corrected chi connectivity index (χ2v) is 9.91. The van der Waals surface area contributed by atoms with Crippen LogP contribution in [0.25, 0.3) is 5.57 Å². The Balaban J connectivity index is 1.76. The Labute approximate surface area is 192 Å². The van der Waals surface area contributed by atoms with Gasteiger partial charge in [0.15, 0.2) is 0 Å². The van der Waals surface area contributed by atoms with E-state index >= 15 is 0 Å². The van der Waals surface area contributed by atoms with Gasteiger partial charge in [-0.15, -0.1) is 11.3 Å². The molecule has 4 nitrogen and oxygen atoms in total. The molecule has 1 aromatic heterocycles. The number of amides is 1. The predicted molar refractivity (Wildman–Crippen MR) is 125 cm³/mol. The second-order valence-electron chi connectivity index (χ2n) is 8.82. The van der Waals surface area contributed by atoms with Crippen LogP contribution in [-0.2, 0) is 16.8 Å². The molecule has 3 N–H and O–H groups in total. The lowest BCUT2D eigenvalue weighted by Crippen LogP contribution is -2.52. The molecule has 0 unspecified atom stereocenters. The third kappa shape index (κ3) is 6.24. The van der Waals surface area contributed by atoms with E-state index in [0.717, 1.165) is 42.2 Å². The maximum Gasteiger partial charge on any atom is 0.217 e. The van der Waals surface area contributed by atoms with Gasteiger partial charge in [0.25, 0.3) is 0 Å². The Morgan fingerprint density at radius 2 is 1.81 bits per heavy atom. The number of benzene rings is 1. The van der Waals surface area contributed by atoms with Gasteiger partial charge in [0.1, 0.15) is 11.6 Å². The molecule has 1 saturated carbocycles. The Morgan fingerprint density at radius 1 is 1.16 bits per heavy atom. The standard InChI is InChI=1S/C25H32F2N2O2S/c1-16(2)23-7-8-24(32-23)25(9-5-4-6-10-25)28-15-22(31)21(29-17(3)30)13-18-11-19(26)14-20(27)12-18/h7-8,11-12,14,21-22,28,31H,1,4-6,9-10,13,15H2,2-3H3,(H,29,30)/t21-,22-/m1/s1. The van der Waals surface area contributed by atoms with Crippen LogP contribution in [0.4, 0.5) is 8.78 Å². The van der Waals surface area contributed by atoms with E-state index in [9.17, 15) is 18.7 Å². The van der Waals surface area contributed by atoms with Crippen LogP contribution in [0.1, 0.15) is 61.3 Å². The number of thiophene rings is 1. The number of halogens is 2. The topological polar surface area (TPSA) is 61.4 Å². The summed E-state index contributed by atoms with van der Waals surface area (Å²) in [7, 11) is 0. The molecule has 0 radical (unpaired) electrons. The fourth-order valence-corrected chi connectivity index (χ4v) is 5.61. The van der Waals surface area contributed by atoms with Gasteiger partial charge in [0.2, 0.25) is 5.91 Å². The Bertz CT molecular complexity index is 933. The molecule has 32 heavy (non-hydrogen) atoms. The van der Waals surface area contributed by atoms with Crippen molar-refractivity contribution in [2.24, 2.45) is 0 Å². The van der Waals surface area contributed by atoms with Crippen molar-refractivity contribution >= 4 is 22.8 Å². The van der Waals surface area contributed by atoms with Gasteiger partial charge < -0.3 is 15.7 Å². The second kappa shape index (κ2) is 10.7. The zero-order chi connectivity index (χ0) is 23.3. The van der Waals surface area contributed by atoms with Gasteiger partial charge in [-0.2, -0.15) is 0 Å². The minimum Gasteiger partial charge on any atom is -0.390 e. The van der Waals surface area contributed by atoms with E-state index in [-0.39, 0.29) is 24.4 Å². The molecule has 3 rings (SSSR count).